The first-order valence-electron chi connectivity index (χ1n) is 5.29. The zero-order valence-corrected chi connectivity index (χ0v) is 11.3. The minimum atomic E-state index is -4.11. The van der Waals surface area contributed by atoms with E-state index in [4.69, 9.17) is 5.14 Å². The molecule has 4 N–H and O–H groups in total. The van der Waals surface area contributed by atoms with Crippen molar-refractivity contribution in [2.75, 3.05) is 4.72 Å². The highest BCUT2D eigenvalue weighted by atomic mass is 32.2. The fraction of sp³-hybridized carbons (Fsp3) is 0.333. The summed E-state index contributed by atoms with van der Waals surface area (Å²) in [6.07, 6.45) is 1.49. The van der Waals surface area contributed by atoms with Crippen LogP contribution in [0.3, 0.4) is 0 Å². The highest BCUT2D eigenvalue weighted by molar-refractivity contribution is 7.90. The van der Waals surface area contributed by atoms with Crippen molar-refractivity contribution in [3.05, 3.63) is 24.0 Å². The van der Waals surface area contributed by atoms with Crippen LogP contribution in [-0.2, 0) is 20.2 Å². The van der Waals surface area contributed by atoms with E-state index in [1.807, 2.05) is 4.72 Å². The molecule has 0 radical (unpaired) electrons. The van der Waals surface area contributed by atoms with Crippen molar-refractivity contribution in [2.45, 2.75) is 23.8 Å². The monoisotopic (exact) mass is 309 g/mol. The lowest BCUT2D eigenvalue weighted by Gasteiger charge is -2.09. The summed E-state index contributed by atoms with van der Waals surface area (Å²) in [5.74, 6) is -0.907. The summed E-state index contributed by atoms with van der Waals surface area (Å²) in [4.78, 5) is -0.503. The summed E-state index contributed by atoms with van der Waals surface area (Å²) in [6, 6.07) is 2.40. The standard InChI is InChI=1S/C9H12FN3O4S2/c10-6-3-8(5-9(4-6)18(11,14)15)13-19(16,17)12-7-1-2-7/h3-5,7,12-13H,1-2H2,(H2,11,14,15). The fourth-order valence-electron chi connectivity index (χ4n) is 1.39. The largest absolute Gasteiger partial charge is 0.299 e. The number of anilines is 1. The van der Waals surface area contributed by atoms with Crippen LogP contribution in [0.15, 0.2) is 23.1 Å². The van der Waals surface area contributed by atoms with Gasteiger partial charge in [-0.3, -0.25) is 4.72 Å². The van der Waals surface area contributed by atoms with Gasteiger partial charge in [0.15, 0.2) is 0 Å². The van der Waals surface area contributed by atoms with Gasteiger partial charge >= 0.3 is 0 Å². The maximum Gasteiger partial charge on any atom is 0.299 e. The molecule has 106 valence electrons. The van der Waals surface area contributed by atoms with Gasteiger partial charge in [-0.05, 0) is 31.0 Å². The van der Waals surface area contributed by atoms with Crippen LogP contribution in [0.4, 0.5) is 10.1 Å². The van der Waals surface area contributed by atoms with E-state index in [0.717, 1.165) is 25.0 Å². The highest BCUT2D eigenvalue weighted by Crippen LogP contribution is 2.21. The molecule has 1 aliphatic carbocycles. The van der Waals surface area contributed by atoms with Gasteiger partial charge < -0.3 is 0 Å². The molecule has 1 fully saturated rings. The molecule has 0 bridgehead atoms. The molecular weight excluding hydrogens is 297 g/mol. The molecule has 19 heavy (non-hydrogen) atoms. The quantitative estimate of drug-likeness (QED) is 0.702. The summed E-state index contributed by atoms with van der Waals surface area (Å²) >= 11 is 0. The first-order chi connectivity index (χ1) is 8.66. The Balaban J connectivity index is 2.27. The molecule has 0 aromatic heterocycles. The predicted octanol–water partition coefficient (Wildman–Crippen LogP) is -0.118. The van der Waals surface area contributed by atoms with Crippen LogP contribution < -0.4 is 14.6 Å². The van der Waals surface area contributed by atoms with Gasteiger partial charge in [-0.25, -0.2) is 17.9 Å². The molecule has 1 aromatic rings. The van der Waals surface area contributed by atoms with E-state index in [1.54, 1.807) is 0 Å². The molecule has 0 atom stereocenters. The second-order valence-electron chi connectivity index (χ2n) is 4.22. The molecule has 0 unspecified atom stereocenters. The SMILES string of the molecule is NS(=O)(=O)c1cc(F)cc(NS(=O)(=O)NC2CC2)c1. The van der Waals surface area contributed by atoms with E-state index < -0.39 is 30.9 Å². The summed E-state index contributed by atoms with van der Waals surface area (Å²) in [5.41, 5.74) is -0.211. The average Bonchev–Trinajstić information content (AvgIpc) is 2.97. The van der Waals surface area contributed by atoms with Gasteiger partial charge in [-0.15, -0.1) is 0 Å². The second kappa shape index (κ2) is 4.71. The maximum atomic E-state index is 13.2. The highest BCUT2D eigenvalue weighted by Gasteiger charge is 2.27. The molecule has 0 aliphatic heterocycles. The number of benzene rings is 1. The second-order valence-corrected chi connectivity index (χ2v) is 7.23. The van der Waals surface area contributed by atoms with Crippen LogP contribution in [0.2, 0.25) is 0 Å². The van der Waals surface area contributed by atoms with Gasteiger partial charge in [0.1, 0.15) is 5.82 Å². The number of rotatable bonds is 5. The Morgan fingerprint density at radius 1 is 1.16 bits per heavy atom. The Morgan fingerprint density at radius 3 is 2.32 bits per heavy atom. The van der Waals surface area contributed by atoms with Gasteiger partial charge in [0.05, 0.1) is 10.6 Å². The van der Waals surface area contributed by atoms with Crippen LogP contribution >= 0.6 is 0 Å². The minimum absolute atomic E-state index is 0.122. The van der Waals surface area contributed by atoms with Crippen molar-refractivity contribution in [3.8, 4) is 0 Å². The van der Waals surface area contributed by atoms with Gasteiger partial charge in [0.25, 0.3) is 10.2 Å². The van der Waals surface area contributed by atoms with E-state index in [9.17, 15) is 21.2 Å². The molecule has 1 aliphatic rings. The number of hydrogen-bond donors (Lipinski definition) is 3. The van der Waals surface area contributed by atoms with Crippen molar-refractivity contribution in [1.29, 1.82) is 0 Å². The zero-order chi connectivity index (χ0) is 14.3. The van der Waals surface area contributed by atoms with Gasteiger partial charge in [0.2, 0.25) is 10.0 Å². The Kier molecular flexibility index (Phi) is 3.51. The third-order valence-electron chi connectivity index (χ3n) is 2.35. The van der Waals surface area contributed by atoms with Crippen molar-refractivity contribution in [1.82, 2.24) is 4.72 Å². The van der Waals surface area contributed by atoms with Crippen LogP contribution in [0.1, 0.15) is 12.8 Å². The van der Waals surface area contributed by atoms with Gasteiger partial charge in [-0.2, -0.15) is 13.1 Å². The topological polar surface area (TPSA) is 118 Å². The van der Waals surface area contributed by atoms with Crippen molar-refractivity contribution in [3.63, 3.8) is 0 Å². The summed E-state index contributed by atoms with van der Waals surface area (Å²) < 4.78 is 63.0. The van der Waals surface area contributed by atoms with Gasteiger partial charge in [-0.1, -0.05) is 0 Å². The molecule has 0 heterocycles. The minimum Gasteiger partial charge on any atom is -0.271 e. The van der Waals surface area contributed by atoms with Crippen LogP contribution in [-0.4, -0.2) is 22.9 Å². The summed E-state index contributed by atoms with van der Waals surface area (Å²) in [5, 5.41) is 4.86. The third kappa shape index (κ3) is 4.13. The van der Waals surface area contributed by atoms with E-state index in [-0.39, 0.29) is 11.7 Å². The lowest BCUT2D eigenvalue weighted by atomic mass is 10.3. The Hall–Kier alpha value is -1.23. The first kappa shape index (κ1) is 14.2. The Labute approximate surface area is 110 Å². The predicted molar refractivity (Wildman–Crippen MR) is 66.5 cm³/mol. The number of nitrogens with one attached hydrogen (secondary N) is 2. The van der Waals surface area contributed by atoms with Crippen molar-refractivity contribution < 1.29 is 21.2 Å². The lowest BCUT2D eigenvalue weighted by Crippen LogP contribution is -2.31. The molecule has 2 rings (SSSR count). The Morgan fingerprint density at radius 2 is 1.79 bits per heavy atom. The van der Waals surface area contributed by atoms with E-state index in [0.29, 0.717) is 6.07 Å². The number of primary sulfonamides is 1. The Bertz CT molecular complexity index is 698. The van der Waals surface area contributed by atoms with Crippen LogP contribution in [0, 0.1) is 5.82 Å². The van der Waals surface area contributed by atoms with Crippen LogP contribution in [0.25, 0.3) is 0 Å². The maximum absolute atomic E-state index is 13.2. The molecule has 10 heteroatoms. The molecule has 1 aromatic carbocycles. The summed E-state index contributed by atoms with van der Waals surface area (Å²) in [6.45, 7) is 0. The van der Waals surface area contributed by atoms with Crippen LogP contribution in [0.5, 0.6) is 0 Å². The first-order valence-corrected chi connectivity index (χ1v) is 8.32. The van der Waals surface area contributed by atoms with Crippen molar-refractivity contribution >= 4 is 25.9 Å². The van der Waals surface area contributed by atoms with Gasteiger partial charge in [0, 0.05) is 6.04 Å². The summed E-state index contributed by atoms with van der Waals surface area (Å²) in [7, 11) is -7.96. The normalized spacial score (nSPS) is 16.3. The third-order valence-corrected chi connectivity index (χ3v) is 4.39. The number of sulfonamides is 1. The molecule has 0 amide bonds. The molecule has 0 spiro atoms. The molecule has 7 nitrogen and oxygen atoms in total. The van der Waals surface area contributed by atoms with E-state index in [2.05, 4.69) is 4.72 Å². The number of halogens is 1. The fourth-order valence-corrected chi connectivity index (χ4v) is 3.12. The molecule has 0 saturated heterocycles. The number of hydrogen-bond acceptors (Lipinski definition) is 4. The van der Waals surface area contributed by atoms with Crippen molar-refractivity contribution in [2.24, 2.45) is 5.14 Å². The lowest BCUT2D eigenvalue weighted by molar-refractivity contribution is 0.585. The van der Waals surface area contributed by atoms with E-state index in [1.165, 1.54) is 0 Å². The number of nitrogens with two attached hydrogens (primary N) is 1. The smallest absolute Gasteiger partial charge is 0.271 e. The molecular formula is C9H12FN3O4S2. The average molecular weight is 309 g/mol. The van der Waals surface area contributed by atoms with E-state index >= 15 is 0 Å². The molecule has 1 saturated carbocycles. The zero-order valence-electron chi connectivity index (χ0n) is 9.63.